The fourth-order valence-corrected chi connectivity index (χ4v) is 1.47. The molecule has 1 aromatic carbocycles. The zero-order chi connectivity index (χ0) is 10.7. The maximum absolute atomic E-state index is 13.2. The average Bonchev–Trinajstić information content (AvgIpc) is 2.20. The normalized spacial score (nSPS) is 15.2. The van der Waals surface area contributed by atoms with Gasteiger partial charge in [-0.05, 0) is 30.5 Å². The van der Waals surface area contributed by atoms with Crippen LogP contribution < -0.4 is 11.5 Å². The van der Waals surface area contributed by atoms with Gasteiger partial charge in [0.1, 0.15) is 5.82 Å². The summed E-state index contributed by atoms with van der Waals surface area (Å²) in [6.45, 7) is 3.70. The number of benzene rings is 1. The molecule has 0 aliphatic heterocycles. The highest BCUT2D eigenvalue weighted by molar-refractivity contribution is 5.30. The standard InChI is InChI=1S/C11H17FN2/c1-3-10(13)11(14)8-5-4-6-9(12)7(8)2/h4-6,10-11H,3,13-14H2,1-2H3. The van der Waals surface area contributed by atoms with E-state index in [1.54, 1.807) is 13.0 Å². The highest BCUT2D eigenvalue weighted by Crippen LogP contribution is 2.20. The van der Waals surface area contributed by atoms with Crippen LogP contribution in [0.15, 0.2) is 18.2 Å². The van der Waals surface area contributed by atoms with Gasteiger partial charge >= 0.3 is 0 Å². The summed E-state index contributed by atoms with van der Waals surface area (Å²) < 4.78 is 13.2. The van der Waals surface area contributed by atoms with E-state index in [4.69, 9.17) is 11.5 Å². The lowest BCUT2D eigenvalue weighted by Gasteiger charge is -2.20. The molecule has 0 aliphatic rings. The van der Waals surface area contributed by atoms with E-state index in [1.165, 1.54) is 6.07 Å². The van der Waals surface area contributed by atoms with Gasteiger partial charge in [-0.25, -0.2) is 4.39 Å². The van der Waals surface area contributed by atoms with Crippen LogP contribution in [0.2, 0.25) is 0 Å². The van der Waals surface area contributed by atoms with Crippen LogP contribution in [0.3, 0.4) is 0 Å². The third-order valence-electron chi connectivity index (χ3n) is 2.60. The van der Waals surface area contributed by atoms with Crippen molar-refractivity contribution in [1.82, 2.24) is 0 Å². The van der Waals surface area contributed by atoms with Gasteiger partial charge in [-0.15, -0.1) is 0 Å². The molecule has 2 unspecified atom stereocenters. The Morgan fingerprint density at radius 2 is 2.00 bits per heavy atom. The van der Waals surface area contributed by atoms with Crippen molar-refractivity contribution in [2.24, 2.45) is 11.5 Å². The Kier molecular flexibility index (Phi) is 3.61. The quantitative estimate of drug-likeness (QED) is 0.775. The van der Waals surface area contributed by atoms with Crippen LogP contribution in [0.25, 0.3) is 0 Å². The van der Waals surface area contributed by atoms with Crippen molar-refractivity contribution < 1.29 is 4.39 Å². The number of hydrogen-bond acceptors (Lipinski definition) is 2. The van der Waals surface area contributed by atoms with Gasteiger partial charge in [0.05, 0.1) is 0 Å². The van der Waals surface area contributed by atoms with Crippen LogP contribution >= 0.6 is 0 Å². The second-order valence-electron chi connectivity index (χ2n) is 3.55. The lowest BCUT2D eigenvalue weighted by molar-refractivity contribution is 0.524. The Bertz CT molecular complexity index is 312. The molecule has 0 fully saturated rings. The summed E-state index contributed by atoms with van der Waals surface area (Å²) in [6.07, 6.45) is 0.789. The molecule has 0 spiro atoms. The van der Waals surface area contributed by atoms with E-state index in [-0.39, 0.29) is 17.9 Å². The Morgan fingerprint density at radius 3 is 2.57 bits per heavy atom. The smallest absolute Gasteiger partial charge is 0.126 e. The molecule has 0 heterocycles. The number of rotatable bonds is 3. The molecule has 1 rings (SSSR count). The number of nitrogens with two attached hydrogens (primary N) is 2. The predicted molar refractivity (Wildman–Crippen MR) is 56.3 cm³/mol. The van der Waals surface area contributed by atoms with E-state index < -0.39 is 0 Å². The van der Waals surface area contributed by atoms with Gasteiger partial charge in [0.25, 0.3) is 0 Å². The van der Waals surface area contributed by atoms with Gasteiger partial charge < -0.3 is 11.5 Å². The Balaban J connectivity index is 3.01. The van der Waals surface area contributed by atoms with Gasteiger partial charge in [0, 0.05) is 12.1 Å². The summed E-state index contributed by atoms with van der Waals surface area (Å²) >= 11 is 0. The van der Waals surface area contributed by atoms with Gasteiger partial charge in [-0.1, -0.05) is 19.1 Å². The molecule has 0 amide bonds. The van der Waals surface area contributed by atoms with Crippen LogP contribution in [0.4, 0.5) is 4.39 Å². The number of hydrogen-bond donors (Lipinski definition) is 2. The number of halogens is 1. The van der Waals surface area contributed by atoms with E-state index >= 15 is 0 Å². The highest BCUT2D eigenvalue weighted by Gasteiger charge is 2.16. The van der Waals surface area contributed by atoms with Crippen molar-refractivity contribution in [3.05, 3.63) is 35.1 Å². The molecule has 2 nitrogen and oxygen atoms in total. The summed E-state index contributed by atoms with van der Waals surface area (Å²) in [4.78, 5) is 0. The van der Waals surface area contributed by atoms with Crippen molar-refractivity contribution in [2.45, 2.75) is 32.4 Å². The van der Waals surface area contributed by atoms with E-state index in [0.29, 0.717) is 5.56 Å². The van der Waals surface area contributed by atoms with Crippen molar-refractivity contribution >= 4 is 0 Å². The Labute approximate surface area is 84.1 Å². The minimum absolute atomic E-state index is 0.115. The van der Waals surface area contributed by atoms with Gasteiger partial charge in [0.15, 0.2) is 0 Å². The monoisotopic (exact) mass is 196 g/mol. The average molecular weight is 196 g/mol. The molecule has 0 saturated carbocycles. The fourth-order valence-electron chi connectivity index (χ4n) is 1.47. The van der Waals surface area contributed by atoms with Crippen molar-refractivity contribution in [1.29, 1.82) is 0 Å². The summed E-state index contributed by atoms with van der Waals surface area (Å²) in [5, 5.41) is 0. The molecule has 78 valence electrons. The minimum Gasteiger partial charge on any atom is -0.326 e. The summed E-state index contributed by atoms with van der Waals surface area (Å²) in [5.41, 5.74) is 13.2. The first-order chi connectivity index (χ1) is 6.57. The highest BCUT2D eigenvalue weighted by atomic mass is 19.1. The molecule has 1 aromatic rings. The third kappa shape index (κ3) is 2.11. The molecule has 0 aromatic heterocycles. The second-order valence-corrected chi connectivity index (χ2v) is 3.55. The maximum atomic E-state index is 13.2. The Morgan fingerprint density at radius 1 is 1.36 bits per heavy atom. The molecular formula is C11H17FN2. The first-order valence-electron chi connectivity index (χ1n) is 4.84. The topological polar surface area (TPSA) is 52.0 Å². The first-order valence-corrected chi connectivity index (χ1v) is 4.84. The van der Waals surface area contributed by atoms with Crippen LogP contribution in [0.5, 0.6) is 0 Å². The van der Waals surface area contributed by atoms with Crippen molar-refractivity contribution in [3.8, 4) is 0 Å². The lowest BCUT2D eigenvalue weighted by atomic mass is 9.95. The van der Waals surface area contributed by atoms with E-state index in [9.17, 15) is 4.39 Å². The second kappa shape index (κ2) is 4.53. The maximum Gasteiger partial charge on any atom is 0.126 e. The van der Waals surface area contributed by atoms with E-state index in [0.717, 1.165) is 12.0 Å². The summed E-state index contributed by atoms with van der Waals surface area (Å²) in [6, 6.07) is 4.54. The molecule has 0 radical (unpaired) electrons. The van der Waals surface area contributed by atoms with Crippen LogP contribution in [-0.4, -0.2) is 6.04 Å². The molecule has 0 bridgehead atoms. The van der Waals surface area contributed by atoms with Crippen LogP contribution in [0, 0.1) is 12.7 Å². The molecule has 14 heavy (non-hydrogen) atoms. The van der Waals surface area contributed by atoms with Crippen molar-refractivity contribution in [2.75, 3.05) is 0 Å². The van der Waals surface area contributed by atoms with Gasteiger partial charge in [-0.2, -0.15) is 0 Å². The van der Waals surface area contributed by atoms with Crippen LogP contribution in [0.1, 0.15) is 30.5 Å². The zero-order valence-corrected chi connectivity index (χ0v) is 8.63. The third-order valence-corrected chi connectivity index (χ3v) is 2.60. The summed E-state index contributed by atoms with van der Waals surface area (Å²) in [7, 11) is 0. The first kappa shape index (κ1) is 11.1. The SMILES string of the molecule is CCC(N)C(N)c1cccc(F)c1C. The molecule has 0 aliphatic carbocycles. The van der Waals surface area contributed by atoms with E-state index in [1.807, 2.05) is 13.0 Å². The van der Waals surface area contributed by atoms with Gasteiger partial charge in [0.2, 0.25) is 0 Å². The molecule has 3 heteroatoms. The van der Waals surface area contributed by atoms with Gasteiger partial charge in [-0.3, -0.25) is 0 Å². The van der Waals surface area contributed by atoms with Crippen molar-refractivity contribution in [3.63, 3.8) is 0 Å². The van der Waals surface area contributed by atoms with Crippen LogP contribution in [-0.2, 0) is 0 Å². The Hall–Kier alpha value is -0.930. The molecule has 2 atom stereocenters. The largest absolute Gasteiger partial charge is 0.326 e. The lowest BCUT2D eigenvalue weighted by Crippen LogP contribution is -2.33. The zero-order valence-electron chi connectivity index (χ0n) is 8.63. The molecule has 4 N–H and O–H groups in total. The molecule has 0 saturated heterocycles. The minimum atomic E-state index is -0.282. The molecular weight excluding hydrogens is 179 g/mol. The summed E-state index contributed by atoms with van der Waals surface area (Å²) in [5.74, 6) is -0.221. The fraction of sp³-hybridized carbons (Fsp3) is 0.455. The van der Waals surface area contributed by atoms with E-state index in [2.05, 4.69) is 0 Å². The predicted octanol–water partition coefficient (Wildman–Crippen LogP) is 1.87.